The first-order valence-electron chi connectivity index (χ1n) is 6.38. The molecule has 0 radical (unpaired) electrons. The Morgan fingerprint density at radius 3 is 2.18 bits per heavy atom. The fourth-order valence-corrected chi connectivity index (χ4v) is 2.15. The fourth-order valence-electron chi connectivity index (χ4n) is 2.15. The number of nitrogens with zero attached hydrogens (tertiary/aromatic N) is 3. The van der Waals surface area contributed by atoms with Crippen LogP contribution in [0.25, 0.3) is 0 Å². The number of hydrogen-bond acceptors (Lipinski definition) is 4. The highest BCUT2D eigenvalue weighted by Gasteiger charge is 2.06. The molecule has 0 aromatic carbocycles. The number of rotatable bonds is 2. The van der Waals surface area contributed by atoms with Gasteiger partial charge in [-0.1, -0.05) is 12.8 Å². The highest BCUT2D eigenvalue weighted by atomic mass is 15.4. The van der Waals surface area contributed by atoms with Crippen molar-refractivity contribution >= 4 is 11.7 Å². The van der Waals surface area contributed by atoms with Crippen LogP contribution >= 0.6 is 0 Å². The van der Waals surface area contributed by atoms with E-state index < -0.39 is 0 Å². The van der Waals surface area contributed by atoms with Crippen molar-refractivity contribution in [2.24, 2.45) is 5.10 Å². The molecular weight excluding hydrogens is 212 g/mol. The van der Waals surface area contributed by atoms with Gasteiger partial charge in [0, 0.05) is 17.1 Å². The summed E-state index contributed by atoms with van der Waals surface area (Å²) in [5.41, 5.74) is 6.19. The molecule has 4 nitrogen and oxygen atoms in total. The van der Waals surface area contributed by atoms with Crippen molar-refractivity contribution in [2.45, 2.75) is 52.4 Å². The van der Waals surface area contributed by atoms with E-state index in [-0.39, 0.29) is 0 Å². The Labute approximate surface area is 103 Å². The highest BCUT2D eigenvalue weighted by Crippen LogP contribution is 2.15. The Morgan fingerprint density at radius 2 is 1.59 bits per heavy atom. The lowest BCUT2D eigenvalue weighted by Gasteiger charge is -2.04. The quantitative estimate of drug-likeness (QED) is 0.629. The maximum Gasteiger partial charge on any atom is 0.243 e. The van der Waals surface area contributed by atoms with Crippen molar-refractivity contribution < 1.29 is 0 Å². The molecule has 1 aliphatic carbocycles. The van der Waals surface area contributed by atoms with Crippen molar-refractivity contribution in [3.63, 3.8) is 0 Å². The van der Waals surface area contributed by atoms with Gasteiger partial charge in [0.25, 0.3) is 0 Å². The van der Waals surface area contributed by atoms with E-state index in [4.69, 9.17) is 0 Å². The summed E-state index contributed by atoms with van der Waals surface area (Å²) >= 11 is 0. The molecule has 0 amide bonds. The van der Waals surface area contributed by atoms with Crippen LogP contribution in [0.1, 0.15) is 49.9 Å². The summed E-state index contributed by atoms with van der Waals surface area (Å²) in [6, 6.07) is 1.96. The van der Waals surface area contributed by atoms with E-state index in [1.54, 1.807) is 0 Å². The van der Waals surface area contributed by atoms with Crippen molar-refractivity contribution in [1.82, 2.24) is 9.97 Å². The van der Waals surface area contributed by atoms with Gasteiger partial charge in [-0.25, -0.2) is 15.4 Å². The minimum absolute atomic E-state index is 0.610. The first kappa shape index (κ1) is 12.0. The predicted octanol–water partition coefficient (Wildman–Crippen LogP) is 3.22. The van der Waals surface area contributed by atoms with E-state index in [0.29, 0.717) is 5.95 Å². The maximum absolute atomic E-state index is 4.44. The molecule has 0 bridgehead atoms. The van der Waals surface area contributed by atoms with Gasteiger partial charge >= 0.3 is 0 Å². The average Bonchev–Trinajstić information content (AvgIpc) is 2.53. The lowest BCUT2D eigenvalue weighted by molar-refractivity contribution is 0.702. The van der Waals surface area contributed by atoms with E-state index in [1.165, 1.54) is 31.4 Å². The van der Waals surface area contributed by atoms with Crippen molar-refractivity contribution in [3.8, 4) is 0 Å². The Balaban J connectivity index is 2.02. The monoisotopic (exact) mass is 232 g/mol. The zero-order chi connectivity index (χ0) is 12.1. The first-order chi connectivity index (χ1) is 8.24. The van der Waals surface area contributed by atoms with Gasteiger partial charge in [-0.3, -0.25) is 0 Å². The van der Waals surface area contributed by atoms with Crippen LogP contribution in [0.5, 0.6) is 0 Å². The van der Waals surface area contributed by atoms with E-state index in [9.17, 15) is 0 Å². The van der Waals surface area contributed by atoms with Gasteiger partial charge in [0.05, 0.1) is 0 Å². The summed E-state index contributed by atoms with van der Waals surface area (Å²) in [5.74, 6) is 0.610. The van der Waals surface area contributed by atoms with Crippen molar-refractivity contribution in [2.75, 3.05) is 5.43 Å². The molecule has 0 spiro atoms. The largest absolute Gasteiger partial charge is 0.245 e. The summed E-state index contributed by atoms with van der Waals surface area (Å²) in [6.45, 7) is 3.94. The highest BCUT2D eigenvalue weighted by molar-refractivity contribution is 5.85. The molecule has 0 aliphatic heterocycles. The predicted molar refractivity (Wildman–Crippen MR) is 70.3 cm³/mol. The second kappa shape index (κ2) is 5.75. The Bertz CT molecular complexity index is 382. The summed E-state index contributed by atoms with van der Waals surface area (Å²) in [6.07, 6.45) is 7.40. The Kier molecular flexibility index (Phi) is 4.07. The third-order valence-electron chi connectivity index (χ3n) is 2.98. The van der Waals surface area contributed by atoms with Crippen molar-refractivity contribution in [3.05, 3.63) is 17.5 Å². The van der Waals surface area contributed by atoms with Crippen LogP contribution in [0.15, 0.2) is 11.2 Å². The molecule has 0 unspecified atom stereocenters. The van der Waals surface area contributed by atoms with Gasteiger partial charge in [0.15, 0.2) is 0 Å². The number of hydrogen-bond donors (Lipinski definition) is 1. The fraction of sp³-hybridized carbons (Fsp3) is 0.615. The molecule has 1 aliphatic rings. The lowest BCUT2D eigenvalue weighted by atomic mass is 10.2. The topological polar surface area (TPSA) is 50.2 Å². The molecule has 1 fully saturated rings. The second-order valence-corrected chi connectivity index (χ2v) is 4.68. The van der Waals surface area contributed by atoms with Crippen LogP contribution in [0.2, 0.25) is 0 Å². The van der Waals surface area contributed by atoms with Gasteiger partial charge in [-0.05, 0) is 45.6 Å². The molecular formula is C13H20N4. The normalized spacial score (nSPS) is 16.5. The average molecular weight is 232 g/mol. The molecule has 17 heavy (non-hydrogen) atoms. The number of aryl methyl sites for hydroxylation is 2. The molecule has 1 N–H and O–H groups in total. The molecule has 0 atom stereocenters. The summed E-state index contributed by atoms with van der Waals surface area (Å²) in [4.78, 5) is 8.63. The molecule has 1 saturated carbocycles. The Hall–Kier alpha value is -1.45. The standard InChI is InChI=1S/C13H20N4/c1-10-9-11(2)15-13(14-10)17-16-12-7-5-3-4-6-8-12/h9H,3-8H2,1-2H3,(H,14,15,17). The van der Waals surface area contributed by atoms with Crippen LogP contribution in [-0.4, -0.2) is 15.7 Å². The van der Waals surface area contributed by atoms with E-state index >= 15 is 0 Å². The number of aromatic nitrogens is 2. The SMILES string of the molecule is Cc1cc(C)nc(NN=C2CCCCCC2)n1. The van der Waals surface area contributed by atoms with Gasteiger partial charge in [-0.15, -0.1) is 0 Å². The molecule has 2 rings (SSSR count). The third-order valence-corrected chi connectivity index (χ3v) is 2.98. The van der Waals surface area contributed by atoms with Crippen LogP contribution in [0.3, 0.4) is 0 Å². The number of hydrazone groups is 1. The summed E-state index contributed by atoms with van der Waals surface area (Å²) in [7, 11) is 0. The summed E-state index contributed by atoms with van der Waals surface area (Å²) in [5, 5.41) is 4.44. The molecule has 0 saturated heterocycles. The number of nitrogens with one attached hydrogen (secondary N) is 1. The Morgan fingerprint density at radius 1 is 1.00 bits per heavy atom. The van der Waals surface area contributed by atoms with Crippen molar-refractivity contribution in [1.29, 1.82) is 0 Å². The molecule has 1 aromatic heterocycles. The molecule has 92 valence electrons. The van der Waals surface area contributed by atoms with Crippen LogP contribution in [0, 0.1) is 13.8 Å². The molecule has 1 aromatic rings. The minimum Gasteiger partial charge on any atom is -0.245 e. The van der Waals surface area contributed by atoms with Crippen LogP contribution in [0.4, 0.5) is 5.95 Å². The molecule has 4 heteroatoms. The second-order valence-electron chi connectivity index (χ2n) is 4.68. The number of anilines is 1. The van der Waals surface area contributed by atoms with Crippen LogP contribution in [-0.2, 0) is 0 Å². The van der Waals surface area contributed by atoms with Gasteiger partial charge in [-0.2, -0.15) is 5.10 Å². The zero-order valence-corrected chi connectivity index (χ0v) is 10.7. The first-order valence-corrected chi connectivity index (χ1v) is 6.38. The minimum atomic E-state index is 0.610. The lowest BCUT2D eigenvalue weighted by Crippen LogP contribution is -2.04. The van der Waals surface area contributed by atoms with Gasteiger partial charge in [0.2, 0.25) is 5.95 Å². The third kappa shape index (κ3) is 3.80. The van der Waals surface area contributed by atoms with Gasteiger partial charge < -0.3 is 0 Å². The van der Waals surface area contributed by atoms with E-state index in [1.807, 2.05) is 19.9 Å². The smallest absolute Gasteiger partial charge is 0.243 e. The summed E-state index contributed by atoms with van der Waals surface area (Å²) < 4.78 is 0. The van der Waals surface area contributed by atoms with E-state index in [2.05, 4.69) is 20.5 Å². The maximum atomic E-state index is 4.44. The molecule has 1 heterocycles. The zero-order valence-electron chi connectivity index (χ0n) is 10.7. The van der Waals surface area contributed by atoms with Gasteiger partial charge in [0.1, 0.15) is 0 Å². The van der Waals surface area contributed by atoms with Crippen LogP contribution < -0.4 is 5.43 Å². The van der Waals surface area contributed by atoms with E-state index in [0.717, 1.165) is 24.2 Å².